The zero-order chi connectivity index (χ0) is 19.1. The minimum atomic E-state index is -0.532. The van der Waals surface area contributed by atoms with Crippen LogP contribution in [0.2, 0.25) is 0 Å². The lowest BCUT2D eigenvalue weighted by molar-refractivity contribution is -0.116. The Bertz CT molecular complexity index is 1260. The number of aromatic nitrogens is 6. The second kappa shape index (κ2) is 6.32. The summed E-state index contributed by atoms with van der Waals surface area (Å²) < 4.78 is 8.97. The van der Waals surface area contributed by atoms with Crippen LogP contribution in [-0.4, -0.2) is 34.8 Å². The van der Waals surface area contributed by atoms with E-state index in [1.807, 2.05) is 16.8 Å². The number of carbonyl (C=O) groups excluding carboxylic acids is 1. The molecule has 138 valence electrons. The normalized spacial score (nSPS) is 11.2. The van der Waals surface area contributed by atoms with Crippen LogP contribution in [0.5, 0.6) is 0 Å². The standard InChI is InChI=1S/C15H13N7O4S/c1-20-11-10(13(24)21(2)15(20)25)22(7-16-11)5-9(23)17-14-19-18-12(26-14)8-3-4-27-6-8/h3-4,6-7H,5H2,1-2H3,(H,17,19,23). The molecule has 11 nitrogen and oxygen atoms in total. The molecule has 0 radical (unpaired) electrons. The van der Waals surface area contributed by atoms with Crippen LogP contribution in [0.4, 0.5) is 6.01 Å². The van der Waals surface area contributed by atoms with Gasteiger partial charge in [-0.15, -0.1) is 5.10 Å². The van der Waals surface area contributed by atoms with Gasteiger partial charge in [-0.1, -0.05) is 5.10 Å². The van der Waals surface area contributed by atoms with Crippen LogP contribution in [0.3, 0.4) is 0 Å². The topological polar surface area (TPSA) is 130 Å². The third-order valence-electron chi connectivity index (χ3n) is 3.97. The van der Waals surface area contributed by atoms with Crippen molar-refractivity contribution in [3.8, 4) is 11.5 Å². The van der Waals surface area contributed by atoms with E-state index in [0.29, 0.717) is 5.89 Å². The molecule has 27 heavy (non-hydrogen) atoms. The summed E-state index contributed by atoms with van der Waals surface area (Å²) in [6.07, 6.45) is 1.33. The predicted octanol–water partition coefficient (Wildman–Crippen LogP) is 0.184. The van der Waals surface area contributed by atoms with Gasteiger partial charge in [-0.2, -0.15) is 11.3 Å². The number of fused-ring (bicyclic) bond motifs is 1. The fourth-order valence-corrected chi connectivity index (χ4v) is 3.24. The molecule has 0 aliphatic carbocycles. The lowest BCUT2D eigenvalue weighted by Gasteiger charge is -2.06. The fourth-order valence-electron chi connectivity index (χ4n) is 2.61. The molecule has 0 spiro atoms. The molecule has 0 saturated carbocycles. The molecule has 0 unspecified atom stereocenters. The number of hydrogen-bond donors (Lipinski definition) is 1. The predicted molar refractivity (Wildman–Crippen MR) is 96.5 cm³/mol. The maximum Gasteiger partial charge on any atom is 0.332 e. The monoisotopic (exact) mass is 387 g/mol. The van der Waals surface area contributed by atoms with E-state index in [4.69, 9.17) is 4.42 Å². The first-order valence-electron chi connectivity index (χ1n) is 7.72. The van der Waals surface area contributed by atoms with Crippen molar-refractivity contribution >= 4 is 34.4 Å². The smallest absolute Gasteiger partial charge is 0.332 e. The summed E-state index contributed by atoms with van der Waals surface area (Å²) in [5.41, 5.74) is 0.0932. The van der Waals surface area contributed by atoms with E-state index in [9.17, 15) is 14.4 Å². The lowest BCUT2D eigenvalue weighted by atomic mass is 10.3. The first-order valence-corrected chi connectivity index (χ1v) is 8.66. The van der Waals surface area contributed by atoms with Crippen molar-refractivity contribution < 1.29 is 9.21 Å². The van der Waals surface area contributed by atoms with Crippen LogP contribution in [0.15, 0.2) is 37.2 Å². The first kappa shape index (κ1) is 16.9. The Hall–Kier alpha value is -3.54. The van der Waals surface area contributed by atoms with Gasteiger partial charge in [-0.25, -0.2) is 9.78 Å². The van der Waals surface area contributed by atoms with Crippen molar-refractivity contribution in [3.63, 3.8) is 0 Å². The largest absolute Gasteiger partial charge is 0.403 e. The number of nitrogens with one attached hydrogen (secondary N) is 1. The van der Waals surface area contributed by atoms with Crippen molar-refractivity contribution in [2.45, 2.75) is 6.54 Å². The zero-order valence-corrected chi connectivity index (χ0v) is 15.1. The summed E-state index contributed by atoms with van der Waals surface area (Å²) in [4.78, 5) is 40.7. The van der Waals surface area contributed by atoms with Gasteiger partial charge >= 0.3 is 11.7 Å². The van der Waals surface area contributed by atoms with Crippen LogP contribution in [0.1, 0.15) is 0 Å². The van der Waals surface area contributed by atoms with Gasteiger partial charge in [0.2, 0.25) is 5.91 Å². The Morgan fingerprint density at radius 1 is 1.26 bits per heavy atom. The van der Waals surface area contributed by atoms with Gasteiger partial charge in [0.15, 0.2) is 11.2 Å². The van der Waals surface area contributed by atoms with Crippen LogP contribution < -0.4 is 16.6 Å². The van der Waals surface area contributed by atoms with Crippen LogP contribution in [0, 0.1) is 0 Å². The minimum absolute atomic E-state index is 0.0501. The van der Waals surface area contributed by atoms with Crippen molar-refractivity contribution in [1.82, 2.24) is 28.9 Å². The van der Waals surface area contributed by atoms with Gasteiger partial charge in [0.05, 0.1) is 6.33 Å². The molecule has 4 aromatic heterocycles. The number of carbonyl (C=O) groups is 1. The Morgan fingerprint density at radius 3 is 2.81 bits per heavy atom. The summed E-state index contributed by atoms with van der Waals surface area (Å²) in [6, 6.07) is 1.77. The summed E-state index contributed by atoms with van der Waals surface area (Å²) in [6.45, 7) is -0.208. The Kier molecular flexibility index (Phi) is 3.96. The second-order valence-electron chi connectivity index (χ2n) is 5.72. The van der Waals surface area contributed by atoms with E-state index in [1.165, 1.54) is 40.9 Å². The summed E-state index contributed by atoms with van der Waals surface area (Å²) in [7, 11) is 2.87. The minimum Gasteiger partial charge on any atom is -0.403 e. The maximum atomic E-state index is 12.4. The number of imidazole rings is 1. The van der Waals surface area contributed by atoms with Crippen LogP contribution >= 0.6 is 11.3 Å². The lowest BCUT2D eigenvalue weighted by Crippen LogP contribution is -2.37. The van der Waals surface area contributed by atoms with Crippen LogP contribution in [-0.2, 0) is 25.4 Å². The van der Waals surface area contributed by atoms with Gasteiger partial charge in [0.1, 0.15) is 6.54 Å². The number of amides is 1. The molecular formula is C15H13N7O4S. The number of aryl methyl sites for hydroxylation is 1. The molecule has 0 aliphatic rings. The van der Waals surface area contributed by atoms with E-state index >= 15 is 0 Å². The number of anilines is 1. The molecule has 0 fully saturated rings. The number of rotatable bonds is 4. The maximum absolute atomic E-state index is 12.4. The fraction of sp³-hybridized carbons (Fsp3) is 0.200. The average molecular weight is 387 g/mol. The van der Waals surface area contributed by atoms with Gasteiger partial charge in [-0.3, -0.25) is 24.0 Å². The Labute approximate surface area is 154 Å². The molecule has 0 aromatic carbocycles. The van der Waals surface area contributed by atoms with Crippen molar-refractivity contribution in [3.05, 3.63) is 44.0 Å². The van der Waals surface area contributed by atoms with Gasteiger partial charge in [-0.05, 0) is 11.4 Å². The van der Waals surface area contributed by atoms with Crippen molar-refractivity contribution in [2.75, 3.05) is 5.32 Å². The van der Waals surface area contributed by atoms with Gasteiger partial charge in [0, 0.05) is 25.0 Å². The highest BCUT2D eigenvalue weighted by atomic mass is 32.1. The number of nitrogens with zero attached hydrogens (tertiary/aromatic N) is 6. The van der Waals surface area contributed by atoms with E-state index in [0.717, 1.165) is 10.1 Å². The number of thiophene rings is 1. The van der Waals surface area contributed by atoms with E-state index in [-0.39, 0.29) is 23.7 Å². The van der Waals surface area contributed by atoms with E-state index < -0.39 is 17.2 Å². The van der Waals surface area contributed by atoms with Gasteiger partial charge < -0.3 is 8.98 Å². The summed E-state index contributed by atoms with van der Waals surface area (Å²) in [5.74, 6) is -0.186. The molecule has 12 heteroatoms. The summed E-state index contributed by atoms with van der Waals surface area (Å²) in [5, 5.41) is 13.9. The third kappa shape index (κ3) is 2.85. The third-order valence-corrected chi connectivity index (χ3v) is 4.65. The molecule has 0 aliphatic heterocycles. The van der Waals surface area contributed by atoms with Crippen molar-refractivity contribution in [2.24, 2.45) is 14.1 Å². The molecule has 4 rings (SSSR count). The highest BCUT2D eigenvalue weighted by Gasteiger charge is 2.17. The highest BCUT2D eigenvalue weighted by molar-refractivity contribution is 7.08. The first-order chi connectivity index (χ1) is 13.0. The average Bonchev–Trinajstić information content (AvgIpc) is 3.38. The van der Waals surface area contributed by atoms with Crippen molar-refractivity contribution in [1.29, 1.82) is 0 Å². The molecule has 4 aromatic rings. The molecule has 0 atom stereocenters. The zero-order valence-electron chi connectivity index (χ0n) is 14.2. The Morgan fingerprint density at radius 2 is 2.07 bits per heavy atom. The molecule has 0 bridgehead atoms. The molecule has 0 saturated heterocycles. The highest BCUT2D eigenvalue weighted by Crippen LogP contribution is 2.22. The molecular weight excluding hydrogens is 374 g/mol. The number of hydrogen-bond acceptors (Lipinski definition) is 8. The quantitative estimate of drug-likeness (QED) is 0.529. The van der Waals surface area contributed by atoms with Gasteiger partial charge in [0.25, 0.3) is 11.4 Å². The van der Waals surface area contributed by atoms with Crippen LogP contribution in [0.25, 0.3) is 22.6 Å². The second-order valence-corrected chi connectivity index (χ2v) is 6.50. The molecule has 1 amide bonds. The summed E-state index contributed by atoms with van der Waals surface area (Å²) >= 11 is 1.48. The van der Waals surface area contributed by atoms with E-state index in [1.54, 1.807) is 0 Å². The molecule has 4 heterocycles. The molecule has 1 N–H and O–H groups in total. The van der Waals surface area contributed by atoms with E-state index in [2.05, 4.69) is 20.5 Å². The SMILES string of the molecule is Cn1c(=O)c2c(ncn2CC(=O)Nc2nnc(-c3ccsc3)o2)n(C)c1=O. The Balaban J connectivity index is 1.59.